The van der Waals surface area contributed by atoms with Crippen LogP contribution in [0.2, 0.25) is 0 Å². The topological polar surface area (TPSA) is 153 Å². The van der Waals surface area contributed by atoms with Gasteiger partial charge in [0.05, 0.1) is 0 Å². The van der Waals surface area contributed by atoms with Crippen LogP contribution in [-0.2, 0) is 23.1 Å². The third-order valence-electron chi connectivity index (χ3n) is 4.68. The molecule has 10 nitrogen and oxygen atoms in total. The van der Waals surface area contributed by atoms with Crippen molar-refractivity contribution in [3.63, 3.8) is 0 Å². The summed E-state index contributed by atoms with van der Waals surface area (Å²) in [5.74, 6) is -2.24. The van der Waals surface area contributed by atoms with Crippen molar-refractivity contribution < 1.29 is 14.3 Å². The van der Waals surface area contributed by atoms with Crippen LogP contribution in [-0.4, -0.2) is 32.5 Å². The number of anilines is 1. The Morgan fingerprint density at radius 1 is 1.33 bits per heavy atom. The number of carbonyl (C=O) groups is 2. The molecule has 0 unspecified atom stereocenters. The van der Waals surface area contributed by atoms with E-state index in [1.807, 2.05) is 31.8 Å². The van der Waals surface area contributed by atoms with Gasteiger partial charge in [-0.1, -0.05) is 6.92 Å². The zero-order chi connectivity index (χ0) is 22.6. The largest absolute Gasteiger partial charge is 0.453 e. The molecule has 0 aliphatic carbocycles. The van der Waals surface area contributed by atoms with Crippen LogP contribution in [0.5, 0.6) is 0 Å². The number of hydrogen-bond acceptors (Lipinski definition) is 7. The lowest BCUT2D eigenvalue weighted by atomic mass is 10.1. The number of rotatable bonds is 7. The molecule has 0 fully saturated rings. The lowest BCUT2D eigenvalue weighted by Gasteiger charge is -2.08. The molecule has 0 atom stereocenters. The summed E-state index contributed by atoms with van der Waals surface area (Å²) < 4.78 is 7.87. The van der Waals surface area contributed by atoms with Gasteiger partial charge in [-0.15, -0.1) is 0 Å². The molecule has 0 aromatic carbocycles. The molecule has 30 heavy (non-hydrogen) atoms. The quantitative estimate of drug-likeness (QED) is 0.295. The lowest BCUT2D eigenvalue weighted by Crippen LogP contribution is -2.35. The van der Waals surface area contributed by atoms with Gasteiger partial charge in [-0.3, -0.25) is 19.1 Å². The third-order valence-corrected chi connectivity index (χ3v) is 4.68. The van der Waals surface area contributed by atoms with Crippen LogP contribution >= 0.6 is 0 Å². The Bertz CT molecular complexity index is 1190. The minimum atomic E-state index is -1.01. The number of H-pyrrole nitrogens is 1. The molecule has 3 N–H and O–H groups in total. The molecule has 0 radical (unpaired) electrons. The number of nitrogens with one attached hydrogen (secondary N) is 1. The highest BCUT2D eigenvalue weighted by Crippen LogP contribution is 2.19. The van der Waals surface area contributed by atoms with Gasteiger partial charge in [0.25, 0.3) is 5.56 Å². The van der Waals surface area contributed by atoms with E-state index in [0.29, 0.717) is 5.56 Å². The van der Waals surface area contributed by atoms with Gasteiger partial charge in [-0.05, 0) is 38.0 Å². The van der Waals surface area contributed by atoms with Gasteiger partial charge < -0.3 is 15.0 Å². The second-order valence-electron chi connectivity index (χ2n) is 6.73. The van der Waals surface area contributed by atoms with E-state index in [1.165, 1.54) is 13.1 Å². The van der Waals surface area contributed by atoms with E-state index in [2.05, 4.69) is 4.57 Å². The smallest absolute Gasteiger partial charge is 0.349 e. The number of aryl methyl sites for hydroxylation is 1. The molecule has 0 bridgehead atoms. The zero-order valence-electron chi connectivity index (χ0n) is 17.2. The van der Waals surface area contributed by atoms with Gasteiger partial charge in [0.2, 0.25) is 5.78 Å². The van der Waals surface area contributed by atoms with Crippen molar-refractivity contribution in [2.75, 3.05) is 12.3 Å². The van der Waals surface area contributed by atoms with Gasteiger partial charge >= 0.3 is 11.7 Å². The first-order valence-corrected chi connectivity index (χ1v) is 9.19. The van der Waals surface area contributed by atoms with Crippen molar-refractivity contribution in [2.24, 2.45) is 7.05 Å². The minimum absolute atomic E-state index is 0.290. The number of Topliss-reactive ketones (excluding diaryl/α,β-unsaturated/α-hetero) is 1. The third kappa shape index (κ3) is 4.41. The standard InChI is InChI=1S/C20H23N5O5/c1-5-6-25-11(2)7-13(12(25)3)8-14(9-21)19(28)30-10-15(26)16-17(22)24(4)20(29)23-18(16)27/h7-8H,5-6,10,22H2,1-4H3,(H,23,27,29)/b14-8+. The van der Waals surface area contributed by atoms with Crippen LogP contribution in [0.4, 0.5) is 5.82 Å². The fraction of sp³-hybridized carbons (Fsp3) is 0.350. The normalized spacial score (nSPS) is 11.2. The highest BCUT2D eigenvalue weighted by atomic mass is 16.5. The highest BCUT2D eigenvalue weighted by molar-refractivity contribution is 6.03. The Hall–Kier alpha value is -3.87. The molecular weight excluding hydrogens is 390 g/mol. The summed E-state index contributed by atoms with van der Waals surface area (Å²) in [6.45, 7) is 5.86. The van der Waals surface area contributed by atoms with Crippen LogP contribution in [0.25, 0.3) is 6.08 Å². The van der Waals surface area contributed by atoms with Crippen LogP contribution in [0.3, 0.4) is 0 Å². The number of nitriles is 1. The van der Waals surface area contributed by atoms with Gasteiger partial charge in [-0.2, -0.15) is 5.26 Å². The van der Waals surface area contributed by atoms with Crippen LogP contribution in [0.1, 0.15) is 40.7 Å². The maximum Gasteiger partial charge on any atom is 0.349 e. The molecule has 158 valence electrons. The molecular formula is C20H23N5O5. The van der Waals surface area contributed by atoms with Crippen molar-refractivity contribution in [3.8, 4) is 6.07 Å². The van der Waals surface area contributed by atoms with Crippen molar-refractivity contribution in [2.45, 2.75) is 33.7 Å². The Balaban J connectivity index is 2.23. The molecule has 10 heteroatoms. The first-order chi connectivity index (χ1) is 14.1. The number of nitrogens with two attached hydrogens (primary N) is 1. The second kappa shape index (κ2) is 9.09. The molecule has 0 spiro atoms. The molecule has 2 aromatic rings. The average Bonchev–Trinajstić information content (AvgIpc) is 2.96. The monoisotopic (exact) mass is 413 g/mol. The SMILES string of the molecule is CCCn1c(C)cc(/C=C(\C#N)C(=O)OCC(=O)c2c(N)n(C)c(=O)[nH]c2=O)c1C. The van der Waals surface area contributed by atoms with E-state index in [4.69, 9.17) is 10.5 Å². The molecule has 2 rings (SSSR count). The Morgan fingerprint density at radius 3 is 2.60 bits per heavy atom. The van der Waals surface area contributed by atoms with Crippen molar-refractivity contribution in [1.82, 2.24) is 14.1 Å². The molecule has 0 aliphatic heterocycles. The van der Waals surface area contributed by atoms with Crippen molar-refractivity contribution in [3.05, 3.63) is 55.0 Å². The number of carbonyl (C=O) groups excluding carboxylic acids is 2. The van der Waals surface area contributed by atoms with Crippen molar-refractivity contribution in [1.29, 1.82) is 5.26 Å². The van der Waals surface area contributed by atoms with E-state index >= 15 is 0 Å². The molecule has 2 aromatic heterocycles. The van der Waals surface area contributed by atoms with E-state index < -0.39 is 35.2 Å². The second-order valence-corrected chi connectivity index (χ2v) is 6.73. The maximum absolute atomic E-state index is 12.3. The van der Waals surface area contributed by atoms with E-state index in [0.717, 1.165) is 28.9 Å². The van der Waals surface area contributed by atoms with E-state index in [-0.39, 0.29) is 11.4 Å². The summed E-state index contributed by atoms with van der Waals surface area (Å²) in [6.07, 6.45) is 2.33. The molecule has 2 heterocycles. The summed E-state index contributed by atoms with van der Waals surface area (Å²) in [5.41, 5.74) is 5.70. The fourth-order valence-electron chi connectivity index (χ4n) is 3.02. The van der Waals surface area contributed by atoms with Crippen LogP contribution < -0.4 is 17.0 Å². The minimum Gasteiger partial charge on any atom is -0.453 e. The average molecular weight is 413 g/mol. The molecule has 0 saturated carbocycles. The van der Waals surface area contributed by atoms with Gasteiger partial charge in [-0.25, -0.2) is 9.59 Å². The summed E-state index contributed by atoms with van der Waals surface area (Å²) in [5, 5.41) is 9.34. The molecule has 0 aliphatic rings. The number of ether oxygens (including phenoxy) is 1. The number of aromatic nitrogens is 3. The molecule has 0 saturated heterocycles. The predicted octanol–water partition coefficient (Wildman–Crippen LogP) is 0.817. The Labute approximate surface area is 172 Å². The van der Waals surface area contributed by atoms with Gasteiger partial charge in [0, 0.05) is 25.0 Å². The number of nitrogens with zero attached hydrogens (tertiary/aromatic N) is 3. The van der Waals surface area contributed by atoms with Crippen LogP contribution in [0, 0.1) is 25.2 Å². The van der Waals surface area contributed by atoms with Crippen LogP contribution in [0.15, 0.2) is 21.2 Å². The first-order valence-electron chi connectivity index (χ1n) is 9.19. The number of hydrogen-bond donors (Lipinski definition) is 2. The summed E-state index contributed by atoms with van der Waals surface area (Å²) in [7, 11) is 1.28. The Kier molecular flexibility index (Phi) is 6.79. The lowest BCUT2D eigenvalue weighted by molar-refractivity contribution is -0.137. The summed E-state index contributed by atoms with van der Waals surface area (Å²) in [6, 6.07) is 3.62. The highest BCUT2D eigenvalue weighted by Gasteiger charge is 2.21. The number of ketones is 1. The molecule has 0 amide bonds. The summed E-state index contributed by atoms with van der Waals surface area (Å²) >= 11 is 0. The summed E-state index contributed by atoms with van der Waals surface area (Å²) in [4.78, 5) is 49.9. The van der Waals surface area contributed by atoms with E-state index in [1.54, 1.807) is 6.07 Å². The van der Waals surface area contributed by atoms with Crippen molar-refractivity contribution >= 4 is 23.6 Å². The number of aromatic amines is 1. The fourth-order valence-corrected chi connectivity index (χ4v) is 3.02. The first kappa shape index (κ1) is 22.4. The number of esters is 1. The van der Waals surface area contributed by atoms with E-state index in [9.17, 15) is 24.4 Å². The Morgan fingerprint density at radius 2 is 2.00 bits per heavy atom. The van der Waals surface area contributed by atoms with Gasteiger partial charge in [0.1, 0.15) is 23.0 Å². The maximum atomic E-state index is 12.3. The van der Waals surface area contributed by atoms with Gasteiger partial charge in [0.15, 0.2) is 6.61 Å². The number of nitrogen functional groups attached to an aromatic ring is 1. The zero-order valence-corrected chi connectivity index (χ0v) is 17.2. The predicted molar refractivity (Wildman–Crippen MR) is 110 cm³/mol.